The molecule has 2 atom stereocenters. The van der Waals surface area contributed by atoms with Gasteiger partial charge in [-0.2, -0.15) is 0 Å². The van der Waals surface area contributed by atoms with E-state index in [1.54, 1.807) is 0 Å². The molecule has 2 aliphatic heterocycles. The summed E-state index contributed by atoms with van der Waals surface area (Å²) in [6.45, 7) is 5.37. The van der Waals surface area contributed by atoms with Gasteiger partial charge in [-0.15, -0.1) is 0 Å². The van der Waals surface area contributed by atoms with E-state index in [9.17, 15) is 4.79 Å². The first-order valence-corrected chi connectivity index (χ1v) is 10.6. The Morgan fingerprint density at radius 1 is 1.00 bits per heavy atom. The highest BCUT2D eigenvalue weighted by atomic mass is 16.2. The second-order valence-corrected chi connectivity index (χ2v) is 8.59. The van der Waals surface area contributed by atoms with Crippen LogP contribution < -0.4 is 10.6 Å². The number of hydrogen-bond acceptors (Lipinski definition) is 2. The fourth-order valence-electron chi connectivity index (χ4n) is 4.75. The molecule has 2 fully saturated rings. The van der Waals surface area contributed by atoms with Gasteiger partial charge in [0.1, 0.15) is 0 Å². The summed E-state index contributed by atoms with van der Waals surface area (Å²) in [6.07, 6.45) is 4.58. The summed E-state index contributed by atoms with van der Waals surface area (Å²) >= 11 is 0. The quantitative estimate of drug-likeness (QED) is 0.759. The largest absolute Gasteiger partial charge is 0.335 e. The molecule has 0 spiro atoms. The van der Waals surface area contributed by atoms with Crippen LogP contribution in [0.3, 0.4) is 0 Å². The van der Waals surface area contributed by atoms with Gasteiger partial charge in [0.25, 0.3) is 0 Å². The molecule has 4 rings (SSSR count). The number of hydrogen-bond donors (Lipinski definition) is 2. The van der Waals surface area contributed by atoms with Crippen LogP contribution in [0.1, 0.15) is 56.6 Å². The Hall–Kier alpha value is -2.33. The zero-order chi connectivity index (χ0) is 19.5. The van der Waals surface area contributed by atoms with Gasteiger partial charge >= 0.3 is 6.03 Å². The molecule has 2 aliphatic rings. The Balaban J connectivity index is 1.30. The van der Waals surface area contributed by atoms with Gasteiger partial charge in [0.15, 0.2) is 0 Å². The van der Waals surface area contributed by atoms with Gasteiger partial charge in [0.05, 0.1) is 0 Å². The first kappa shape index (κ1) is 19.0. The molecule has 2 amide bonds. The van der Waals surface area contributed by atoms with Crippen molar-refractivity contribution in [1.82, 2.24) is 10.2 Å². The number of benzene rings is 2. The number of rotatable bonds is 5. The number of carbonyl (C=O) groups is 1. The van der Waals surface area contributed by atoms with Crippen LogP contribution in [0.4, 0.5) is 10.5 Å². The molecule has 2 heterocycles. The molecular formula is C24H31N3O. The van der Waals surface area contributed by atoms with Crippen LogP contribution in [-0.2, 0) is 6.54 Å². The fourth-order valence-corrected chi connectivity index (χ4v) is 4.75. The lowest BCUT2D eigenvalue weighted by atomic mass is 9.96. The molecular weight excluding hydrogens is 346 g/mol. The number of carbonyl (C=O) groups excluding carboxylic acids is 1. The molecule has 2 bridgehead atoms. The van der Waals surface area contributed by atoms with Crippen LogP contribution >= 0.6 is 0 Å². The maximum Gasteiger partial charge on any atom is 0.319 e. The zero-order valence-corrected chi connectivity index (χ0v) is 16.9. The van der Waals surface area contributed by atoms with E-state index < -0.39 is 0 Å². The van der Waals surface area contributed by atoms with Crippen molar-refractivity contribution in [3.05, 3.63) is 65.7 Å². The van der Waals surface area contributed by atoms with Gasteiger partial charge in [-0.25, -0.2) is 4.79 Å². The van der Waals surface area contributed by atoms with Crippen LogP contribution in [0.5, 0.6) is 0 Å². The molecule has 28 heavy (non-hydrogen) atoms. The average molecular weight is 378 g/mol. The van der Waals surface area contributed by atoms with E-state index in [1.165, 1.54) is 24.0 Å². The molecule has 0 aromatic heterocycles. The monoisotopic (exact) mass is 377 g/mol. The molecule has 0 unspecified atom stereocenters. The van der Waals surface area contributed by atoms with Crippen LogP contribution in [0.15, 0.2) is 54.6 Å². The first-order chi connectivity index (χ1) is 13.6. The van der Waals surface area contributed by atoms with Crippen molar-refractivity contribution in [1.29, 1.82) is 0 Å². The summed E-state index contributed by atoms with van der Waals surface area (Å²) in [5, 5.41) is 6.21. The minimum Gasteiger partial charge on any atom is -0.335 e. The third-order valence-corrected chi connectivity index (χ3v) is 6.26. The normalized spacial score (nSPS) is 24.3. The first-order valence-electron chi connectivity index (χ1n) is 10.6. The Morgan fingerprint density at radius 3 is 2.25 bits per heavy atom. The highest BCUT2D eigenvalue weighted by Crippen LogP contribution is 2.36. The lowest BCUT2D eigenvalue weighted by Gasteiger charge is -2.39. The predicted molar refractivity (Wildman–Crippen MR) is 115 cm³/mol. The minimum absolute atomic E-state index is 0.0850. The lowest BCUT2D eigenvalue weighted by molar-refractivity contribution is 0.112. The third kappa shape index (κ3) is 4.39. The summed E-state index contributed by atoms with van der Waals surface area (Å²) in [5.41, 5.74) is 3.52. The molecule has 0 saturated carbocycles. The van der Waals surface area contributed by atoms with E-state index in [0.29, 0.717) is 18.0 Å². The lowest BCUT2D eigenvalue weighted by Crippen LogP contribution is -2.50. The summed E-state index contributed by atoms with van der Waals surface area (Å²) in [5.74, 6) is 0.499. The maximum atomic E-state index is 12.5. The van der Waals surface area contributed by atoms with E-state index in [-0.39, 0.29) is 12.1 Å². The molecule has 4 heteroatoms. The number of anilines is 1. The van der Waals surface area contributed by atoms with Gasteiger partial charge < -0.3 is 10.6 Å². The van der Waals surface area contributed by atoms with Crippen molar-refractivity contribution in [3.8, 4) is 0 Å². The summed E-state index contributed by atoms with van der Waals surface area (Å²) in [7, 11) is 0. The Bertz CT molecular complexity index is 773. The van der Waals surface area contributed by atoms with Crippen LogP contribution in [0.25, 0.3) is 0 Å². The van der Waals surface area contributed by atoms with Gasteiger partial charge in [0.2, 0.25) is 0 Å². The van der Waals surface area contributed by atoms with Gasteiger partial charge in [-0.3, -0.25) is 4.90 Å². The number of nitrogens with one attached hydrogen (secondary N) is 2. The van der Waals surface area contributed by atoms with Crippen molar-refractivity contribution >= 4 is 11.7 Å². The SMILES string of the molecule is CC(C)c1ccc(NC(=O)NC2C[C@@H]3CC[C@@H](C2)N3Cc2ccccc2)cc1. The standard InChI is InChI=1S/C24H31N3O/c1-17(2)19-8-10-20(11-9-19)25-24(28)26-21-14-22-12-13-23(15-21)27(22)16-18-6-4-3-5-7-18/h3-11,17,21-23H,12-16H2,1-2H3,(H2,25,26,28)/t22-,23-/m0/s1. The fraction of sp³-hybridized carbons (Fsp3) is 0.458. The van der Waals surface area contributed by atoms with E-state index in [4.69, 9.17) is 0 Å². The highest BCUT2D eigenvalue weighted by Gasteiger charge is 2.40. The molecule has 0 aliphatic carbocycles. The average Bonchev–Trinajstić information content (AvgIpc) is 2.91. The molecule has 2 aromatic rings. The summed E-state index contributed by atoms with van der Waals surface area (Å²) < 4.78 is 0. The Kier molecular flexibility index (Phi) is 5.67. The zero-order valence-electron chi connectivity index (χ0n) is 16.9. The number of piperidine rings is 1. The molecule has 2 saturated heterocycles. The van der Waals surface area contributed by atoms with E-state index in [2.05, 4.69) is 71.8 Å². The second kappa shape index (κ2) is 8.36. The number of urea groups is 1. The molecule has 0 radical (unpaired) electrons. The van der Waals surface area contributed by atoms with E-state index in [0.717, 1.165) is 25.1 Å². The molecule has 2 N–H and O–H groups in total. The van der Waals surface area contributed by atoms with E-state index in [1.807, 2.05) is 12.1 Å². The van der Waals surface area contributed by atoms with Crippen LogP contribution in [0.2, 0.25) is 0 Å². The second-order valence-electron chi connectivity index (χ2n) is 8.59. The minimum atomic E-state index is -0.0850. The van der Waals surface area contributed by atoms with Crippen LogP contribution in [-0.4, -0.2) is 29.1 Å². The van der Waals surface area contributed by atoms with Gasteiger partial charge in [-0.1, -0.05) is 56.3 Å². The number of nitrogens with zero attached hydrogens (tertiary/aromatic N) is 1. The third-order valence-electron chi connectivity index (χ3n) is 6.26. The van der Waals surface area contributed by atoms with E-state index >= 15 is 0 Å². The Labute approximate surface area is 168 Å². The number of fused-ring (bicyclic) bond motifs is 2. The topological polar surface area (TPSA) is 44.4 Å². The number of amides is 2. The van der Waals surface area contributed by atoms with Gasteiger partial charge in [0, 0.05) is 30.4 Å². The molecule has 4 nitrogen and oxygen atoms in total. The maximum absolute atomic E-state index is 12.5. The van der Waals surface area contributed by atoms with Crippen molar-refractivity contribution < 1.29 is 4.79 Å². The Morgan fingerprint density at radius 2 is 1.64 bits per heavy atom. The van der Waals surface area contributed by atoms with Gasteiger partial charge in [-0.05, 0) is 54.9 Å². The van der Waals surface area contributed by atoms with Crippen molar-refractivity contribution in [2.24, 2.45) is 0 Å². The van der Waals surface area contributed by atoms with Crippen molar-refractivity contribution in [2.75, 3.05) is 5.32 Å². The highest BCUT2D eigenvalue weighted by molar-refractivity contribution is 5.89. The molecule has 2 aromatic carbocycles. The summed E-state index contributed by atoms with van der Waals surface area (Å²) in [6, 6.07) is 20.2. The van der Waals surface area contributed by atoms with Crippen molar-refractivity contribution in [3.63, 3.8) is 0 Å². The van der Waals surface area contributed by atoms with Crippen molar-refractivity contribution in [2.45, 2.75) is 70.1 Å². The van der Waals surface area contributed by atoms with Crippen LogP contribution in [0, 0.1) is 0 Å². The predicted octanol–water partition coefficient (Wildman–Crippen LogP) is 5.13. The summed E-state index contributed by atoms with van der Waals surface area (Å²) in [4.78, 5) is 15.1. The molecule has 148 valence electrons. The smallest absolute Gasteiger partial charge is 0.319 e.